The maximum atomic E-state index is 12.1. The van der Waals surface area contributed by atoms with Gasteiger partial charge in [-0.3, -0.25) is 4.79 Å². The number of ether oxygens (including phenoxy) is 1. The van der Waals surface area contributed by atoms with Gasteiger partial charge in [-0.2, -0.15) is 10.2 Å². The summed E-state index contributed by atoms with van der Waals surface area (Å²) in [6, 6.07) is 23.2. The molecule has 3 rings (SSSR count). The normalized spacial score (nSPS) is 10.5. The van der Waals surface area contributed by atoms with Crippen LogP contribution in [0.3, 0.4) is 0 Å². The van der Waals surface area contributed by atoms with Gasteiger partial charge in [-0.25, -0.2) is 4.79 Å². The van der Waals surface area contributed by atoms with Crippen molar-refractivity contribution >= 4 is 34.6 Å². The number of azo groups is 1. The van der Waals surface area contributed by atoms with E-state index < -0.39 is 11.9 Å². The van der Waals surface area contributed by atoms with Crippen molar-refractivity contribution in [2.45, 2.75) is 0 Å². The minimum atomic E-state index is -0.568. The number of anilines is 2. The van der Waals surface area contributed by atoms with E-state index in [0.29, 0.717) is 22.6 Å². The van der Waals surface area contributed by atoms with Crippen LogP contribution >= 0.6 is 0 Å². The van der Waals surface area contributed by atoms with Crippen molar-refractivity contribution in [2.75, 3.05) is 24.3 Å². The number of para-hydroxylation sites is 1. The summed E-state index contributed by atoms with van der Waals surface area (Å²) in [6.45, 7) is -0.383. The molecule has 1 amide bonds. The smallest absolute Gasteiger partial charge is 0.340 e. The van der Waals surface area contributed by atoms with Gasteiger partial charge in [-0.1, -0.05) is 30.3 Å². The van der Waals surface area contributed by atoms with Crippen LogP contribution in [-0.2, 0) is 9.53 Å². The molecule has 0 unspecified atom stereocenters. The molecule has 0 aromatic heterocycles. The maximum absolute atomic E-state index is 12.1. The van der Waals surface area contributed by atoms with Crippen molar-refractivity contribution in [1.29, 1.82) is 0 Å². The molecule has 3 aromatic carbocycles. The Kier molecular flexibility index (Phi) is 6.67. The van der Waals surface area contributed by atoms with E-state index in [1.807, 2.05) is 30.3 Å². The van der Waals surface area contributed by atoms with Gasteiger partial charge in [-0.15, -0.1) is 0 Å². The van der Waals surface area contributed by atoms with Crippen LogP contribution in [-0.4, -0.2) is 25.5 Å². The molecule has 0 atom stereocenters. The zero-order valence-electron chi connectivity index (χ0n) is 15.8. The number of carbonyl (C=O) groups excluding carboxylic acids is 2. The molecule has 3 aromatic rings. The van der Waals surface area contributed by atoms with E-state index in [4.69, 9.17) is 4.74 Å². The summed E-state index contributed by atoms with van der Waals surface area (Å²) in [7, 11) is 1.71. The lowest BCUT2D eigenvalue weighted by molar-refractivity contribution is -0.119. The van der Waals surface area contributed by atoms with Crippen molar-refractivity contribution in [3.63, 3.8) is 0 Å². The molecular formula is C22H20N4O3. The molecule has 2 N–H and O–H groups in total. The van der Waals surface area contributed by atoms with Gasteiger partial charge >= 0.3 is 5.97 Å². The fourth-order valence-corrected chi connectivity index (χ4v) is 2.51. The minimum absolute atomic E-state index is 0.371. The Morgan fingerprint density at radius 3 is 2.14 bits per heavy atom. The first-order chi connectivity index (χ1) is 14.2. The molecule has 0 bridgehead atoms. The molecule has 0 saturated heterocycles. The number of hydrogen-bond donors (Lipinski definition) is 2. The average molecular weight is 388 g/mol. The summed E-state index contributed by atoms with van der Waals surface area (Å²) in [5, 5.41) is 13.9. The molecule has 7 nitrogen and oxygen atoms in total. The van der Waals surface area contributed by atoms with E-state index in [1.165, 1.54) is 0 Å². The number of benzene rings is 3. The largest absolute Gasteiger partial charge is 0.452 e. The predicted molar refractivity (Wildman–Crippen MR) is 112 cm³/mol. The molecule has 0 saturated carbocycles. The van der Waals surface area contributed by atoms with Crippen LogP contribution in [0.15, 0.2) is 89.1 Å². The second kappa shape index (κ2) is 9.80. The number of amides is 1. The van der Waals surface area contributed by atoms with Gasteiger partial charge < -0.3 is 15.4 Å². The quantitative estimate of drug-likeness (QED) is 0.443. The summed E-state index contributed by atoms with van der Waals surface area (Å²) in [5.74, 6) is -0.999. The highest BCUT2D eigenvalue weighted by Gasteiger charge is 2.13. The zero-order valence-corrected chi connectivity index (χ0v) is 15.8. The van der Waals surface area contributed by atoms with Crippen LogP contribution < -0.4 is 10.6 Å². The summed E-state index contributed by atoms with van der Waals surface area (Å²) >= 11 is 0. The Bertz CT molecular complexity index is 1000. The number of esters is 1. The van der Waals surface area contributed by atoms with Crippen LogP contribution in [0.1, 0.15) is 10.4 Å². The molecule has 146 valence electrons. The highest BCUT2D eigenvalue weighted by atomic mass is 16.5. The van der Waals surface area contributed by atoms with Crippen LogP contribution in [0.2, 0.25) is 0 Å². The van der Waals surface area contributed by atoms with Gasteiger partial charge in [0.15, 0.2) is 6.61 Å². The monoisotopic (exact) mass is 388 g/mol. The fourth-order valence-electron chi connectivity index (χ4n) is 2.51. The van der Waals surface area contributed by atoms with Gasteiger partial charge in [0.2, 0.25) is 0 Å². The maximum Gasteiger partial charge on any atom is 0.340 e. The van der Waals surface area contributed by atoms with Crippen LogP contribution in [0.25, 0.3) is 0 Å². The SMILES string of the molecule is CNc1ccccc1C(=O)OCC(=O)Nc1ccc(N=Nc2ccccc2)cc1. The first-order valence-electron chi connectivity index (χ1n) is 8.96. The number of hydrogen-bond acceptors (Lipinski definition) is 6. The van der Waals surface area contributed by atoms with Gasteiger partial charge in [0.25, 0.3) is 5.91 Å². The van der Waals surface area contributed by atoms with Crippen LogP contribution in [0, 0.1) is 0 Å². The molecule has 29 heavy (non-hydrogen) atoms. The summed E-state index contributed by atoms with van der Waals surface area (Å²) in [5.41, 5.74) is 2.99. The first-order valence-corrected chi connectivity index (χ1v) is 8.96. The zero-order chi connectivity index (χ0) is 20.5. The van der Waals surface area contributed by atoms with Gasteiger partial charge in [0.05, 0.1) is 16.9 Å². The van der Waals surface area contributed by atoms with Crippen molar-refractivity contribution in [1.82, 2.24) is 0 Å². The van der Waals surface area contributed by atoms with Crippen molar-refractivity contribution in [3.8, 4) is 0 Å². The number of carbonyl (C=O) groups is 2. The Hall–Kier alpha value is -4.00. The molecule has 0 fully saturated rings. The summed E-state index contributed by atoms with van der Waals surface area (Å²) in [6.07, 6.45) is 0. The number of nitrogens with one attached hydrogen (secondary N) is 2. The lowest BCUT2D eigenvalue weighted by Crippen LogP contribution is -2.21. The topological polar surface area (TPSA) is 92.1 Å². The molecule has 0 aliphatic heterocycles. The highest BCUT2D eigenvalue weighted by molar-refractivity contribution is 5.98. The molecule has 0 radical (unpaired) electrons. The van der Waals surface area contributed by atoms with E-state index >= 15 is 0 Å². The van der Waals surface area contributed by atoms with Crippen molar-refractivity contribution in [3.05, 3.63) is 84.4 Å². The number of rotatable bonds is 7. The highest BCUT2D eigenvalue weighted by Crippen LogP contribution is 2.20. The number of nitrogens with zero attached hydrogens (tertiary/aromatic N) is 2. The average Bonchev–Trinajstić information content (AvgIpc) is 2.77. The molecular weight excluding hydrogens is 368 g/mol. The van der Waals surface area contributed by atoms with Crippen LogP contribution in [0.4, 0.5) is 22.7 Å². The van der Waals surface area contributed by atoms with E-state index in [-0.39, 0.29) is 6.61 Å². The van der Waals surface area contributed by atoms with Gasteiger partial charge in [0.1, 0.15) is 0 Å². The first kappa shape index (κ1) is 19.8. The lowest BCUT2D eigenvalue weighted by atomic mass is 10.2. The standard InChI is InChI=1S/C22H20N4O3/c1-23-20-10-6-5-9-19(20)22(28)29-15-21(27)24-16-11-13-18(14-12-16)26-25-17-7-3-2-4-8-17/h2-14,23H,15H2,1H3,(H,24,27). The van der Waals surface area contributed by atoms with E-state index in [9.17, 15) is 9.59 Å². The van der Waals surface area contributed by atoms with E-state index in [0.717, 1.165) is 5.69 Å². The van der Waals surface area contributed by atoms with Crippen LogP contribution in [0.5, 0.6) is 0 Å². The van der Waals surface area contributed by atoms with Crippen molar-refractivity contribution in [2.24, 2.45) is 10.2 Å². The molecule has 7 heteroatoms. The minimum Gasteiger partial charge on any atom is -0.452 e. The van der Waals surface area contributed by atoms with E-state index in [1.54, 1.807) is 55.6 Å². The van der Waals surface area contributed by atoms with E-state index in [2.05, 4.69) is 20.9 Å². The lowest BCUT2D eigenvalue weighted by Gasteiger charge is -2.09. The Morgan fingerprint density at radius 1 is 0.828 bits per heavy atom. The second-order valence-electron chi connectivity index (χ2n) is 6.00. The molecule has 0 heterocycles. The Balaban J connectivity index is 1.51. The predicted octanol–water partition coefficient (Wildman–Crippen LogP) is 4.94. The second-order valence-corrected chi connectivity index (χ2v) is 6.00. The molecule has 0 aliphatic rings. The third-order valence-electron chi connectivity index (χ3n) is 3.94. The third kappa shape index (κ3) is 5.74. The summed E-state index contributed by atoms with van der Waals surface area (Å²) in [4.78, 5) is 24.2. The summed E-state index contributed by atoms with van der Waals surface area (Å²) < 4.78 is 5.09. The Morgan fingerprint density at radius 2 is 1.45 bits per heavy atom. The van der Waals surface area contributed by atoms with Gasteiger partial charge in [-0.05, 0) is 48.5 Å². The molecule has 0 spiro atoms. The Labute approximate surface area is 168 Å². The van der Waals surface area contributed by atoms with Gasteiger partial charge in [0, 0.05) is 18.4 Å². The molecule has 0 aliphatic carbocycles. The fraction of sp³-hybridized carbons (Fsp3) is 0.0909. The third-order valence-corrected chi connectivity index (χ3v) is 3.94. The van der Waals surface area contributed by atoms with Crippen molar-refractivity contribution < 1.29 is 14.3 Å².